The van der Waals surface area contributed by atoms with E-state index in [0.717, 1.165) is 37.8 Å². The zero-order valence-corrected chi connectivity index (χ0v) is 12.8. The lowest BCUT2D eigenvalue weighted by Crippen LogP contribution is -2.49. The number of likely N-dealkylation sites (N-methyl/N-ethyl adjacent to an activating group) is 1. The van der Waals surface area contributed by atoms with E-state index in [-0.39, 0.29) is 10.7 Å². The number of piperazine rings is 1. The van der Waals surface area contributed by atoms with Crippen LogP contribution in [0, 0.1) is 0 Å². The van der Waals surface area contributed by atoms with Gasteiger partial charge < -0.3 is 15.1 Å². The molecule has 4 nitrogen and oxygen atoms in total. The second-order valence-electron chi connectivity index (χ2n) is 5.04. The lowest BCUT2D eigenvalue weighted by molar-refractivity contribution is -0.137. The van der Waals surface area contributed by atoms with E-state index in [2.05, 4.69) is 10.2 Å². The number of urea groups is 1. The smallest absolute Gasteiger partial charge is 0.322 e. The van der Waals surface area contributed by atoms with Crippen molar-refractivity contribution in [2.75, 3.05) is 38.0 Å². The Kier molecular flexibility index (Phi) is 5.18. The van der Waals surface area contributed by atoms with Crippen LogP contribution in [0.5, 0.6) is 0 Å². The minimum atomic E-state index is -4.48. The number of benzene rings is 1. The van der Waals surface area contributed by atoms with Crippen molar-refractivity contribution in [1.29, 1.82) is 0 Å². The van der Waals surface area contributed by atoms with Gasteiger partial charge in [-0.3, -0.25) is 0 Å². The number of carbonyl (C=O) groups excluding carboxylic acids is 1. The molecule has 0 spiro atoms. The van der Waals surface area contributed by atoms with E-state index in [9.17, 15) is 18.0 Å². The fraction of sp³-hybridized carbons (Fsp3) is 0.500. The molecule has 122 valence electrons. The topological polar surface area (TPSA) is 35.6 Å². The standard InChI is InChI=1S/C14H17ClF3N3O/c1-2-20-5-7-21(8-6-20)13(22)19-12-9-10(14(16,17)18)3-4-11(12)15/h3-4,9H,2,5-8H2,1H3,(H,19,22). The maximum atomic E-state index is 12.7. The van der Waals surface area contributed by atoms with Gasteiger partial charge in [0, 0.05) is 26.2 Å². The first-order chi connectivity index (χ1) is 10.3. The summed E-state index contributed by atoms with van der Waals surface area (Å²) in [5, 5.41) is 2.54. The van der Waals surface area contributed by atoms with Crippen LogP contribution in [0.4, 0.5) is 23.7 Å². The molecule has 0 saturated carbocycles. The highest BCUT2D eigenvalue weighted by Crippen LogP contribution is 2.33. The molecule has 2 rings (SSSR count). The van der Waals surface area contributed by atoms with E-state index in [1.165, 1.54) is 0 Å². The average molecular weight is 336 g/mol. The number of hydrogen-bond donors (Lipinski definition) is 1. The first kappa shape index (κ1) is 16.9. The van der Waals surface area contributed by atoms with Crippen LogP contribution in [0.3, 0.4) is 0 Å². The largest absolute Gasteiger partial charge is 0.416 e. The highest BCUT2D eigenvalue weighted by Gasteiger charge is 2.31. The molecule has 1 heterocycles. The van der Waals surface area contributed by atoms with Crippen molar-refractivity contribution in [2.45, 2.75) is 13.1 Å². The zero-order chi connectivity index (χ0) is 16.3. The molecule has 0 aliphatic carbocycles. The number of carbonyl (C=O) groups is 1. The van der Waals surface area contributed by atoms with Crippen molar-refractivity contribution in [3.63, 3.8) is 0 Å². The maximum absolute atomic E-state index is 12.7. The number of halogens is 4. The van der Waals surface area contributed by atoms with Gasteiger partial charge >= 0.3 is 12.2 Å². The minimum absolute atomic E-state index is 0.0283. The van der Waals surface area contributed by atoms with Crippen LogP contribution >= 0.6 is 11.6 Å². The molecule has 1 N–H and O–H groups in total. The third-order valence-corrected chi connectivity index (χ3v) is 3.97. The lowest BCUT2D eigenvalue weighted by atomic mass is 10.2. The molecule has 22 heavy (non-hydrogen) atoms. The van der Waals surface area contributed by atoms with Gasteiger partial charge in [-0.15, -0.1) is 0 Å². The summed E-state index contributed by atoms with van der Waals surface area (Å²) in [7, 11) is 0. The lowest BCUT2D eigenvalue weighted by Gasteiger charge is -2.34. The Bertz CT molecular complexity index is 543. The van der Waals surface area contributed by atoms with Crippen LogP contribution in [0.15, 0.2) is 18.2 Å². The predicted octanol–water partition coefficient (Wildman–Crippen LogP) is 3.53. The van der Waals surface area contributed by atoms with Crippen molar-refractivity contribution in [1.82, 2.24) is 9.80 Å². The SMILES string of the molecule is CCN1CCN(C(=O)Nc2cc(C(F)(F)F)ccc2Cl)CC1. The van der Waals surface area contributed by atoms with Gasteiger partial charge in [-0.25, -0.2) is 4.79 Å². The van der Waals surface area contributed by atoms with Gasteiger partial charge in [0.2, 0.25) is 0 Å². The van der Waals surface area contributed by atoms with Gasteiger partial charge in [0.1, 0.15) is 0 Å². The molecular formula is C14H17ClF3N3O. The second-order valence-corrected chi connectivity index (χ2v) is 5.45. The van der Waals surface area contributed by atoms with Gasteiger partial charge in [0.25, 0.3) is 0 Å². The fourth-order valence-electron chi connectivity index (χ4n) is 2.26. The third kappa shape index (κ3) is 4.04. The van der Waals surface area contributed by atoms with Crippen molar-refractivity contribution in [2.24, 2.45) is 0 Å². The number of amides is 2. The van der Waals surface area contributed by atoms with E-state index in [1.54, 1.807) is 4.90 Å². The summed E-state index contributed by atoms with van der Waals surface area (Å²) >= 11 is 5.87. The van der Waals surface area contributed by atoms with E-state index in [4.69, 9.17) is 11.6 Å². The Morgan fingerprint density at radius 1 is 1.27 bits per heavy atom. The number of hydrogen-bond acceptors (Lipinski definition) is 2. The highest BCUT2D eigenvalue weighted by atomic mass is 35.5. The molecule has 1 saturated heterocycles. The number of rotatable bonds is 2. The van der Waals surface area contributed by atoms with Crippen molar-refractivity contribution in [3.8, 4) is 0 Å². The monoisotopic (exact) mass is 335 g/mol. The normalized spacial score (nSPS) is 16.7. The summed E-state index contributed by atoms with van der Waals surface area (Å²) in [5.74, 6) is 0. The second kappa shape index (κ2) is 6.75. The number of nitrogens with one attached hydrogen (secondary N) is 1. The average Bonchev–Trinajstić information content (AvgIpc) is 2.48. The molecule has 0 bridgehead atoms. The first-order valence-electron chi connectivity index (χ1n) is 6.96. The summed E-state index contributed by atoms with van der Waals surface area (Å²) in [6.07, 6.45) is -4.48. The van der Waals surface area contributed by atoms with Gasteiger partial charge in [-0.05, 0) is 24.7 Å². The molecule has 8 heteroatoms. The quantitative estimate of drug-likeness (QED) is 0.897. The number of nitrogens with zero attached hydrogens (tertiary/aromatic N) is 2. The van der Waals surface area contributed by atoms with E-state index in [0.29, 0.717) is 13.1 Å². The molecule has 1 aromatic carbocycles. The zero-order valence-electron chi connectivity index (χ0n) is 12.1. The molecular weight excluding hydrogens is 319 g/mol. The number of alkyl halides is 3. The Labute approximate surface area is 131 Å². The highest BCUT2D eigenvalue weighted by molar-refractivity contribution is 6.33. The predicted molar refractivity (Wildman–Crippen MR) is 79.2 cm³/mol. The number of anilines is 1. The summed E-state index contributed by atoms with van der Waals surface area (Å²) in [5.41, 5.74) is -0.873. The summed E-state index contributed by atoms with van der Waals surface area (Å²) < 4.78 is 38.1. The Morgan fingerprint density at radius 2 is 1.91 bits per heavy atom. The minimum Gasteiger partial charge on any atom is -0.322 e. The molecule has 0 aromatic heterocycles. The third-order valence-electron chi connectivity index (χ3n) is 3.64. The van der Waals surface area contributed by atoms with Crippen LogP contribution in [-0.2, 0) is 6.18 Å². The van der Waals surface area contributed by atoms with E-state index < -0.39 is 17.8 Å². The first-order valence-corrected chi connectivity index (χ1v) is 7.34. The van der Waals surface area contributed by atoms with Crippen molar-refractivity contribution >= 4 is 23.3 Å². The molecule has 0 unspecified atom stereocenters. The van der Waals surface area contributed by atoms with Gasteiger partial charge in [0.15, 0.2) is 0 Å². The van der Waals surface area contributed by atoms with E-state index in [1.807, 2.05) is 6.92 Å². The van der Waals surface area contributed by atoms with Gasteiger partial charge in [0.05, 0.1) is 16.3 Å². The molecule has 1 aliphatic heterocycles. The Hall–Kier alpha value is -1.47. The Morgan fingerprint density at radius 3 is 2.45 bits per heavy atom. The van der Waals surface area contributed by atoms with Crippen LogP contribution in [0.1, 0.15) is 12.5 Å². The fourth-order valence-corrected chi connectivity index (χ4v) is 2.42. The maximum Gasteiger partial charge on any atom is 0.416 e. The van der Waals surface area contributed by atoms with Gasteiger partial charge in [-0.2, -0.15) is 13.2 Å². The summed E-state index contributed by atoms with van der Waals surface area (Å²) in [6, 6.07) is 2.44. The molecule has 1 aliphatic rings. The van der Waals surface area contributed by atoms with E-state index >= 15 is 0 Å². The van der Waals surface area contributed by atoms with Crippen molar-refractivity contribution < 1.29 is 18.0 Å². The molecule has 1 fully saturated rings. The van der Waals surface area contributed by atoms with Crippen LogP contribution < -0.4 is 5.32 Å². The van der Waals surface area contributed by atoms with Crippen LogP contribution in [-0.4, -0.2) is 48.6 Å². The molecule has 0 radical (unpaired) electrons. The van der Waals surface area contributed by atoms with Crippen molar-refractivity contribution in [3.05, 3.63) is 28.8 Å². The van der Waals surface area contributed by atoms with Gasteiger partial charge in [-0.1, -0.05) is 18.5 Å². The molecule has 2 amide bonds. The molecule has 1 aromatic rings. The van der Waals surface area contributed by atoms with Crippen LogP contribution in [0.2, 0.25) is 5.02 Å². The molecule has 0 atom stereocenters. The Balaban J connectivity index is 2.05. The summed E-state index contributed by atoms with van der Waals surface area (Å²) in [4.78, 5) is 15.9. The summed E-state index contributed by atoms with van der Waals surface area (Å²) in [6.45, 7) is 5.53. The van der Waals surface area contributed by atoms with Crippen LogP contribution in [0.25, 0.3) is 0 Å².